The number of hydrogen-bond donors (Lipinski definition) is 3. The highest BCUT2D eigenvalue weighted by molar-refractivity contribution is 6.07. The quantitative estimate of drug-likeness (QED) is 0.0993. The van der Waals surface area contributed by atoms with Gasteiger partial charge in [-0.1, -0.05) is 116 Å². The van der Waals surface area contributed by atoms with Gasteiger partial charge in [-0.05, 0) is 92.2 Å². The summed E-state index contributed by atoms with van der Waals surface area (Å²) in [6, 6.07) is 22.7. The Morgan fingerprint density at radius 1 is 0.567 bits per heavy atom. The predicted octanol–water partition coefficient (Wildman–Crippen LogP) is 12.1. The Morgan fingerprint density at radius 3 is 1.25 bits per heavy atom. The molecule has 15 heteroatoms. The van der Waals surface area contributed by atoms with Gasteiger partial charge in [0.2, 0.25) is 17.8 Å². The lowest BCUT2D eigenvalue weighted by atomic mass is 9.91. The van der Waals surface area contributed by atoms with Gasteiger partial charge in [-0.25, -0.2) is 14.0 Å². The largest absolute Gasteiger partial charge is 0.322 e. The molecule has 0 saturated carbocycles. The molecule has 6 aromatic rings. The molecule has 0 aliphatic heterocycles. The number of anilines is 3. The maximum absolute atomic E-state index is 14.0. The van der Waals surface area contributed by atoms with Crippen molar-refractivity contribution in [1.82, 2.24) is 29.3 Å². The van der Waals surface area contributed by atoms with E-state index in [1.807, 2.05) is 80.6 Å². The summed E-state index contributed by atoms with van der Waals surface area (Å²) in [5, 5.41) is 20.3. The number of aryl methyl sites for hydroxylation is 6. The molecule has 3 heterocycles. The Kier molecular flexibility index (Phi) is 18.6. The van der Waals surface area contributed by atoms with Crippen molar-refractivity contribution in [2.45, 2.75) is 100 Å². The van der Waals surface area contributed by atoms with Crippen molar-refractivity contribution < 1.29 is 27.6 Å². The molecule has 3 aromatic carbocycles. The van der Waals surface area contributed by atoms with E-state index in [0.29, 0.717) is 40.5 Å². The molecule has 358 valence electrons. The first kappa shape index (κ1) is 52.9. The van der Waals surface area contributed by atoms with Gasteiger partial charge in [0, 0.05) is 43.8 Å². The summed E-state index contributed by atoms with van der Waals surface area (Å²) in [6.45, 7) is 23.7. The van der Waals surface area contributed by atoms with Crippen molar-refractivity contribution in [3.8, 4) is 0 Å². The van der Waals surface area contributed by atoms with Gasteiger partial charge in [-0.15, -0.1) is 0 Å². The number of aromatic nitrogens is 6. The maximum Gasteiger partial charge on any atom is 0.262 e. The van der Waals surface area contributed by atoms with Crippen molar-refractivity contribution in [2.24, 2.45) is 33.0 Å². The number of para-hydroxylation sites is 3. The number of nitrogens with one attached hydrogen (secondary N) is 3. The molecular formula is C52H66F3N9O3. The van der Waals surface area contributed by atoms with Crippen LogP contribution >= 0.6 is 0 Å². The van der Waals surface area contributed by atoms with Crippen molar-refractivity contribution in [2.75, 3.05) is 16.0 Å². The molecule has 12 nitrogen and oxygen atoms in total. The third-order valence-electron chi connectivity index (χ3n) is 11.4. The van der Waals surface area contributed by atoms with E-state index in [1.165, 1.54) is 21.1 Å². The molecule has 2 atom stereocenters. The van der Waals surface area contributed by atoms with E-state index in [2.05, 4.69) is 72.4 Å². The molecule has 0 bridgehead atoms. The van der Waals surface area contributed by atoms with Crippen LogP contribution in [-0.2, 0) is 21.1 Å². The van der Waals surface area contributed by atoms with E-state index in [9.17, 15) is 27.6 Å². The summed E-state index contributed by atoms with van der Waals surface area (Å²) >= 11 is 0. The number of amides is 3. The summed E-state index contributed by atoms with van der Waals surface area (Å²) < 4.78 is 45.2. The summed E-state index contributed by atoms with van der Waals surface area (Å²) in [4.78, 5) is 37.2. The number of benzene rings is 3. The van der Waals surface area contributed by atoms with Crippen LogP contribution in [0.3, 0.4) is 0 Å². The van der Waals surface area contributed by atoms with Crippen molar-refractivity contribution in [1.29, 1.82) is 0 Å². The van der Waals surface area contributed by atoms with Crippen LogP contribution in [0.5, 0.6) is 0 Å². The lowest BCUT2D eigenvalue weighted by Crippen LogP contribution is -2.16. The van der Waals surface area contributed by atoms with E-state index >= 15 is 0 Å². The minimum atomic E-state index is -0.643. The first-order valence-electron chi connectivity index (χ1n) is 22.6. The number of rotatable bonds is 14. The van der Waals surface area contributed by atoms with Crippen LogP contribution in [0.15, 0.2) is 79.4 Å². The molecule has 2 unspecified atom stereocenters. The van der Waals surface area contributed by atoms with Crippen molar-refractivity contribution in [3.05, 3.63) is 148 Å². The SMILES string of the molecule is C=C(c1ccccc1NC(=O)c1c(C)nn(C)c1F)C(C)C.CCCC(C)c1ccccc1NC(=O)c1c(C)nn(C)c1F.Cc1nn(C)c(F)c1C(=O)Nc1ccccc1C(C)CC(C)C. The smallest absolute Gasteiger partial charge is 0.262 e. The minimum absolute atomic E-state index is 0.000414. The van der Waals surface area contributed by atoms with E-state index < -0.39 is 35.6 Å². The van der Waals surface area contributed by atoms with Gasteiger partial charge in [0.05, 0.1) is 17.1 Å². The van der Waals surface area contributed by atoms with Gasteiger partial charge in [0.1, 0.15) is 16.7 Å². The topological polar surface area (TPSA) is 141 Å². The van der Waals surface area contributed by atoms with Crippen LogP contribution in [0.1, 0.15) is 144 Å². The average molecular weight is 922 g/mol. The fraction of sp³-hybridized carbons (Fsp3) is 0.385. The number of hydrogen-bond acceptors (Lipinski definition) is 6. The first-order valence-corrected chi connectivity index (χ1v) is 22.6. The molecule has 3 amide bonds. The van der Waals surface area contributed by atoms with E-state index in [1.54, 1.807) is 26.8 Å². The average Bonchev–Trinajstić information content (AvgIpc) is 3.80. The molecule has 3 N–H and O–H groups in total. The third kappa shape index (κ3) is 13.2. The second-order valence-electron chi connectivity index (χ2n) is 17.6. The molecule has 0 spiro atoms. The molecule has 0 aliphatic carbocycles. The Balaban J connectivity index is 0.000000219. The van der Waals surface area contributed by atoms with Crippen LogP contribution in [-0.4, -0.2) is 47.1 Å². The Bertz CT molecular complexity index is 2700. The van der Waals surface area contributed by atoms with Crippen LogP contribution in [0.2, 0.25) is 0 Å². The molecule has 6 rings (SSSR count). The zero-order valence-corrected chi connectivity index (χ0v) is 41.1. The summed E-state index contributed by atoms with van der Waals surface area (Å²) in [7, 11) is 4.43. The zero-order valence-electron chi connectivity index (χ0n) is 41.1. The van der Waals surface area contributed by atoms with E-state index in [4.69, 9.17) is 0 Å². The van der Waals surface area contributed by atoms with Gasteiger partial charge in [-0.3, -0.25) is 14.4 Å². The van der Waals surface area contributed by atoms with Gasteiger partial charge >= 0.3 is 0 Å². The summed E-state index contributed by atoms with van der Waals surface area (Å²) in [6.07, 6.45) is 3.13. The van der Waals surface area contributed by atoms with Crippen LogP contribution in [0.4, 0.5) is 30.2 Å². The number of carbonyl (C=O) groups is 3. The first-order chi connectivity index (χ1) is 31.6. The predicted molar refractivity (Wildman–Crippen MR) is 262 cm³/mol. The van der Waals surface area contributed by atoms with Crippen LogP contribution in [0.25, 0.3) is 5.57 Å². The second kappa shape index (κ2) is 23.6. The Hall–Kier alpha value is -6.77. The normalized spacial score (nSPS) is 11.9. The van der Waals surface area contributed by atoms with Crippen LogP contribution in [0, 0.1) is 50.5 Å². The Labute approximate surface area is 393 Å². The van der Waals surface area contributed by atoms with Gasteiger partial charge in [0.25, 0.3) is 17.7 Å². The monoisotopic (exact) mass is 922 g/mol. The van der Waals surface area contributed by atoms with E-state index in [-0.39, 0.29) is 22.6 Å². The van der Waals surface area contributed by atoms with Crippen molar-refractivity contribution >= 4 is 40.4 Å². The number of carbonyl (C=O) groups excluding carboxylic acids is 3. The standard InChI is InChI=1S/C18H24FN3O.C17H20FN3O.C17H22FN3O/c1-11(2)10-12(3)14-8-6-7-9-15(14)20-18(23)16-13(4)21-22(5)17(16)19;1-10(2)11(3)13-8-6-7-9-14(13)19-17(22)15-12(4)20-21(5)16(15)18;1-5-8-11(2)13-9-6-7-10-14(13)19-17(22)15-12(3)20-21(4)16(15)18/h6-9,11-12H,10H2,1-5H3,(H,20,23);6-10H,3H2,1-2,4-5H3,(H,19,22);6-7,9-11H,5,8H2,1-4H3,(H,19,22). The van der Waals surface area contributed by atoms with Gasteiger partial charge in [-0.2, -0.15) is 28.5 Å². The van der Waals surface area contributed by atoms with E-state index in [0.717, 1.165) is 66.9 Å². The number of nitrogens with zero attached hydrogens (tertiary/aromatic N) is 6. The zero-order chi connectivity index (χ0) is 49.9. The maximum atomic E-state index is 14.0. The molecule has 3 aromatic heterocycles. The van der Waals surface area contributed by atoms with Gasteiger partial charge in [0.15, 0.2) is 0 Å². The number of halogens is 3. The summed E-state index contributed by atoms with van der Waals surface area (Å²) in [5.41, 5.74) is 7.08. The third-order valence-corrected chi connectivity index (χ3v) is 11.4. The molecule has 0 fully saturated rings. The lowest BCUT2D eigenvalue weighted by Gasteiger charge is -2.18. The highest BCUT2D eigenvalue weighted by Gasteiger charge is 2.25. The van der Waals surface area contributed by atoms with Crippen LogP contribution < -0.4 is 16.0 Å². The second-order valence-corrected chi connectivity index (χ2v) is 17.6. The summed E-state index contributed by atoms with van der Waals surface area (Å²) in [5.74, 6) is -1.85. The molecule has 67 heavy (non-hydrogen) atoms. The van der Waals surface area contributed by atoms with Crippen molar-refractivity contribution in [3.63, 3.8) is 0 Å². The fourth-order valence-electron chi connectivity index (χ4n) is 7.91. The molecule has 0 radical (unpaired) electrons. The minimum Gasteiger partial charge on any atom is -0.322 e. The van der Waals surface area contributed by atoms with Gasteiger partial charge < -0.3 is 16.0 Å². The molecule has 0 saturated heterocycles. The molecule has 0 aliphatic rings. The highest BCUT2D eigenvalue weighted by atomic mass is 19.1. The fourth-order valence-corrected chi connectivity index (χ4v) is 7.91. The molecular weight excluding hydrogens is 856 g/mol. The lowest BCUT2D eigenvalue weighted by molar-refractivity contribution is 0.101. The highest BCUT2D eigenvalue weighted by Crippen LogP contribution is 2.32. The number of allylic oxidation sites excluding steroid dienone is 1. The Morgan fingerprint density at radius 2 is 0.910 bits per heavy atom.